The second-order valence-electron chi connectivity index (χ2n) is 11.1. The van der Waals surface area contributed by atoms with Crippen LogP contribution in [0, 0.1) is 23.7 Å². The van der Waals surface area contributed by atoms with E-state index in [1.807, 2.05) is 48.5 Å². The van der Waals surface area contributed by atoms with E-state index in [9.17, 15) is 39.6 Å². The maximum atomic E-state index is 10.6. The Labute approximate surface area is 321 Å². The van der Waals surface area contributed by atoms with Gasteiger partial charge in [-0.05, 0) is 72.6 Å². The van der Waals surface area contributed by atoms with Crippen LogP contribution in [0.25, 0.3) is 20.4 Å². The number of fused-ring (bicyclic) bond motifs is 6. The average Bonchev–Trinajstić information content (AvgIpc) is 3.85. The zero-order chi connectivity index (χ0) is 33.1. The fraction of sp³-hybridized carbons (Fsp3) is 0.400. The van der Waals surface area contributed by atoms with Crippen molar-refractivity contribution in [2.45, 2.75) is 50.1 Å². The van der Waals surface area contributed by atoms with Gasteiger partial charge < -0.3 is 81.9 Å². The predicted octanol–water partition coefficient (Wildman–Crippen LogP) is -7.80. The number of para-hydroxylation sites is 2. The maximum absolute atomic E-state index is 10.6. The fourth-order valence-electron chi connectivity index (χ4n) is 6.42. The number of nitrogen functional groups attached to an aromatic ring is 2. The van der Waals surface area contributed by atoms with Crippen molar-refractivity contribution in [1.29, 1.82) is 0 Å². The largest absolute Gasteiger partial charge is 2.00 e. The van der Waals surface area contributed by atoms with Crippen molar-refractivity contribution in [3.63, 3.8) is 0 Å². The molecule has 2 aromatic heterocycles. The number of nitrogens with one attached hydrogen (secondary N) is 2. The number of aromatic nitrogens is 2. The molecule has 20 nitrogen and oxygen atoms in total. The number of nitrogens with two attached hydrogens (primary N) is 2. The molecule has 4 bridgehead atoms. The molecule has 4 aliphatic heterocycles. The smallest absolute Gasteiger partial charge is 0.550 e. The predicted molar refractivity (Wildman–Crippen MR) is 177 cm³/mol. The first-order chi connectivity index (χ1) is 21.9. The Morgan fingerprint density at radius 1 is 0.528 bits per heavy atom. The molecule has 0 amide bonds. The number of benzene rings is 2. The number of hydrogen-bond acceptors (Lipinski definition) is 14. The molecule has 8 atom stereocenters. The first-order valence-corrected chi connectivity index (χ1v) is 16.0. The summed E-state index contributed by atoms with van der Waals surface area (Å²) >= 11 is 3.15. The summed E-state index contributed by atoms with van der Waals surface area (Å²) in [6.45, 7) is 0. The normalized spacial score (nSPS) is 24.6. The molecular formula is C30H42N4O16S2Zn. The Kier molecular flexibility index (Phi) is 23.1. The van der Waals surface area contributed by atoms with E-state index in [1.165, 1.54) is 9.40 Å². The molecule has 2 aromatic carbocycles. The number of anilines is 2. The Morgan fingerprint density at radius 2 is 0.774 bits per heavy atom. The van der Waals surface area contributed by atoms with Crippen molar-refractivity contribution in [3.8, 4) is 0 Å². The number of aliphatic carboxylic acids is 4. The van der Waals surface area contributed by atoms with Gasteiger partial charge in [-0.1, -0.05) is 24.3 Å². The molecule has 0 saturated carbocycles. The van der Waals surface area contributed by atoms with Crippen LogP contribution in [0.5, 0.6) is 0 Å². The minimum atomic E-state index is -1.35. The van der Waals surface area contributed by atoms with E-state index in [4.69, 9.17) is 20.9 Å². The van der Waals surface area contributed by atoms with E-state index in [1.54, 1.807) is 22.7 Å². The Hall–Kier alpha value is -4.00. The Morgan fingerprint density at radius 3 is 1.00 bits per heavy atom. The van der Waals surface area contributed by atoms with Crippen molar-refractivity contribution in [2.24, 2.45) is 23.7 Å². The zero-order valence-corrected chi connectivity index (χ0v) is 32.4. The van der Waals surface area contributed by atoms with E-state index >= 15 is 0 Å². The van der Waals surface area contributed by atoms with Crippen LogP contribution in [0.2, 0.25) is 0 Å². The van der Waals surface area contributed by atoms with Crippen LogP contribution in [0.1, 0.15) is 25.7 Å². The number of carbonyl (C=O) groups is 4. The van der Waals surface area contributed by atoms with Gasteiger partial charge in [0.15, 0.2) is 0 Å². The first-order valence-electron chi connectivity index (χ1n) is 14.4. The maximum Gasteiger partial charge on any atom is 2.00 e. The van der Waals surface area contributed by atoms with E-state index in [0.29, 0.717) is 25.7 Å². The van der Waals surface area contributed by atoms with Gasteiger partial charge >= 0.3 is 29.7 Å². The summed E-state index contributed by atoms with van der Waals surface area (Å²) in [5.41, 5.74) is 13.3. The quantitative estimate of drug-likeness (QED) is 0.181. The molecule has 4 saturated heterocycles. The van der Waals surface area contributed by atoms with Crippen LogP contribution >= 0.6 is 22.7 Å². The van der Waals surface area contributed by atoms with Gasteiger partial charge in [0, 0.05) is 47.5 Å². The van der Waals surface area contributed by atoms with E-state index in [2.05, 4.69) is 9.97 Å². The second kappa shape index (κ2) is 22.9. The van der Waals surface area contributed by atoms with Crippen LogP contribution in [-0.4, -0.2) is 81.2 Å². The van der Waals surface area contributed by atoms with Crippen LogP contribution in [0.15, 0.2) is 48.5 Å². The summed E-state index contributed by atoms with van der Waals surface area (Å²) in [4.78, 5) is 48.6. The minimum absolute atomic E-state index is 0. The number of thiazole rings is 2. The number of hydrogen-bond donors (Lipinski definition) is 2. The Balaban J connectivity index is -0.000000606. The molecule has 4 aromatic rings. The van der Waals surface area contributed by atoms with Gasteiger partial charge in [0.1, 0.15) is 11.0 Å². The van der Waals surface area contributed by atoms with Gasteiger partial charge in [-0.3, -0.25) is 11.5 Å². The summed E-state index contributed by atoms with van der Waals surface area (Å²) < 4.78 is 12.8. The van der Waals surface area contributed by atoms with E-state index < -0.39 is 72.0 Å². The first kappa shape index (κ1) is 53.4. The molecule has 8 rings (SSSR count). The number of carboxylic acids is 4. The van der Waals surface area contributed by atoms with E-state index in [0.717, 1.165) is 21.3 Å². The Bertz CT molecular complexity index is 1520. The van der Waals surface area contributed by atoms with Crippen molar-refractivity contribution in [2.75, 3.05) is 11.5 Å². The zero-order valence-electron chi connectivity index (χ0n) is 27.8. The molecule has 53 heavy (non-hydrogen) atoms. The average molecular weight is 844 g/mol. The van der Waals surface area contributed by atoms with Crippen molar-refractivity contribution < 1.29 is 111 Å². The number of aromatic amines is 2. The number of ether oxygens (including phenoxy) is 2. The van der Waals surface area contributed by atoms with Gasteiger partial charge in [0.25, 0.3) is 0 Å². The molecule has 4 fully saturated rings. The molecule has 6 heterocycles. The third kappa shape index (κ3) is 12.0. The van der Waals surface area contributed by atoms with Gasteiger partial charge in [0.05, 0.1) is 33.8 Å². The molecule has 4 aliphatic rings. The molecule has 18 N–H and O–H groups in total. The summed E-state index contributed by atoms with van der Waals surface area (Å²) in [5.74, 6) is -9.48. The summed E-state index contributed by atoms with van der Waals surface area (Å²) in [6.07, 6.45) is 0.465. The second-order valence-corrected chi connectivity index (χ2v) is 13.3. The summed E-state index contributed by atoms with van der Waals surface area (Å²) in [7, 11) is 0. The van der Waals surface area contributed by atoms with Crippen molar-refractivity contribution in [1.82, 2.24) is 0 Å². The topological polar surface area (TPSA) is 448 Å². The van der Waals surface area contributed by atoms with Crippen molar-refractivity contribution >= 4 is 77.2 Å². The number of rotatable bonds is 4. The van der Waals surface area contributed by atoms with Gasteiger partial charge in [0.2, 0.25) is 0 Å². The summed E-state index contributed by atoms with van der Waals surface area (Å²) in [5, 5.41) is 44.0. The third-order valence-corrected chi connectivity index (χ3v) is 10.2. The molecule has 23 heteroatoms. The van der Waals surface area contributed by atoms with Gasteiger partial charge in [-0.15, -0.1) is 0 Å². The summed E-state index contributed by atoms with van der Waals surface area (Å²) in [6, 6.07) is 16.1. The van der Waals surface area contributed by atoms with Crippen LogP contribution < -0.4 is 41.9 Å². The number of carbonyl (C=O) groups excluding carboxylic acids is 4. The van der Waals surface area contributed by atoms with Crippen LogP contribution in [-0.2, 0) is 48.1 Å². The number of carboxylic acid groups (broad SMARTS) is 4. The van der Waals surface area contributed by atoms with E-state index in [-0.39, 0.29) is 52.3 Å². The number of H-pyrrole nitrogens is 2. The minimum Gasteiger partial charge on any atom is -0.550 e. The standard InChI is InChI=1S/2C8H10O5.2C7H6N2S.6H2O.Zn/c2*9-7(10)5-3-1-2-4(13-3)6(5)8(11)12;2*8-7-9-5-3-1-2-4-6(5)10-7;;;;;;;/h2*3-6H,1-2H2,(H,9,10)(H,11,12);2*1-4H,(H2,8,9);6*1H2;/q;;;;;;;;;;+2/p-2/t2*3-,4+,5-,6+;;;;;;;;;. The van der Waals surface area contributed by atoms with Crippen molar-refractivity contribution in [3.05, 3.63) is 48.5 Å². The molecule has 0 unspecified atom stereocenters. The van der Waals surface area contributed by atoms with Crippen LogP contribution in [0.4, 0.5) is 10.3 Å². The van der Waals surface area contributed by atoms with Gasteiger partial charge in [-0.2, -0.15) is 0 Å². The SMILES string of the molecule is Nc1[nH+]c2ccccc2s1.Nc1[nH+]c2ccccc2s1.O.O.O.O.O.O.O=C([O-])[C@@H]1[C@H](C(=O)[O-])[C@H]2CC[C@@H]1O2.O=C([O-])[C@@H]1[C@H](C(=O)[O-])[C@H]2CC[C@@H]1O2.[Zn+2]. The van der Waals surface area contributed by atoms with Crippen LogP contribution in [0.3, 0.4) is 0 Å². The third-order valence-electron chi connectivity index (χ3n) is 8.36. The molecule has 292 valence electrons. The molecule has 0 spiro atoms. The monoisotopic (exact) mass is 842 g/mol. The molecule has 0 radical (unpaired) electrons. The fourth-order valence-corrected chi connectivity index (χ4v) is 7.97. The molecule has 0 aliphatic carbocycles. The molecular weight excluding hydrogens is 802 g/mol. The van der Waals surface area contributed by atoms with Gasteiger partial charge in [-0.25, -0.2) is 9.97 Å².